The zero-order valence-corrected chi connectivity index (χ0v) is 21.5. The summed E-state index contributed by atoms with van der Waals surface area (Å²) >= 11 is 0. The van der Waals surface area contributed by atoms with E-state index in [9.17, 15) is 19.9 Å². The molecule has 2 bridgehead atoms. The molecule has 3 aliphatic carbocycles. The maximum absolute atomic E-state index is 13.3. The van der Waals surface area contributed by atoms with Crippen LogP contribution in [0.5, 0.6) is 0 Å². The Bertz CT molecular complexity index is 972. The van der Waals surface area contributed by atoms with Crippen molar-refractivity contribution in [3.05, 3.63) is 30.1 Å². The van der Waals surface area contributed by atoms with Crippen LogP contribution in [0.25, 0.3) is 0 Å². The first-order chi connectivity index (χ1) is 16.3. The maximum Gasteiger partial charge on any atom is 0.481 e. The number of nitrogens with zero attached hydrogens (tertiary/aromatic N) is 1. The molecule has 192 valence electrons. The van der Waals surface area contributed by atoms with Gasteiger partial charge in [0.15, 0.2) is 0 Å². The minimum absolute atomic E-state index is 0.0128. The van der Waals surface area contributed by atoms with Crippen LogP contribution in [0.3, 0.4) is 0 Å². The van der Waals surface area contributed by atoms with E-state index in [0.29, 0.717) is 23.0 Å². The van der Waals surface area contributed by atoms with E-state index in [-0.39, 0.29) is 23.1 Å². The average molecular weight is 488 g/mol. The highest BCUT2D eigenvalue weighted by molar-refractivity contribution is 6.48. The SMILES string of the molecule is CC(C)C[C@H](NC(=O)[C@@H](NC(=O)c1cccc[n+]1O)[C@@H](C)O)B1O[C@@H]2C[C@H]3C[C@H](C3(C)C)[C@]2(C)O1. The number of aromatic nitrogens is 1. The predicted octanol–water partition coefficient (Wildman–Crippen LogP) is 1.49. The summed E-state index contributed by atoms with van der Waals surface area (Å²) < 4.78 is 13.7. The molecule has 4 fully saturated rings. The molecule has 5 rings (SSSR count). The smallest absolute Gasteiger partial charge is 0.404 e. The predicted molar refractivity (Wildman–Crippen MR) is 128 cm³/mol. The third-order valence-corrected chi connectivity index (χ3v) is 8.47. The van der Waals surface area contributed by atoms with Crippen molar-refractivity contribution in [1.82, 2.24) is 10.6 Å². The molecule has 1 aromatic heterocycles. The van der Waals surface area contributed by atoms with Crippen molar-refractivity contribution in [2.75, 3.05) is 0 Å². The molecule has 7 atom stereocenters. The maximum atomic E-state index is 13.3. The molecule has 35 heavy (non-hydrogen) atoms. The number of hydrogen-bond donors (Lipinski definition) is 4. The molecule has 4 aliphatic rings. The van der Waals surface area contributed by atoms with Gasteiger partial charge in [0.25, 0.3) is 0 Å². The van der Waals surface area contributed by atoms with Crippen LogP contribution in [0.4, 0.5) is 0 Å². The molecule has 0 spiro atoms. The molecule has 1 aliphatic heterocycles. The fourth-order valence-corrected chi connectivity index (χ4v) is 6.32. The summed E-state index contributed by atoms with van der Waals surface area (Å²) in [5.74, 6) is -0.374. The molecule has 9 nitrogen and oxygen atoms in total. The standard InChI is InChI=1S/C25H38BN3O6/c1-14(2)11-20(26-34-19-13-16-12-18(24(16,4)5)25(19,6)35-26)27-23(32)21(15(3)30)28-22(31)17-9-7-8-10-29(17)33/h7-10,14-16,18-21,30H,11-13H2,1-6H3,(H2-,27,28,31,32,33)/p+1/t15-,16-,18-,19-,20+,21+,25+/m1/s1. The monoisotopic (exact) mass is 488 g/mol. The summed E-state index contributed by atoms with van der Waals surface area (Å²) in [7, 11) is -0.606. The van der Waals surface area contributed by atoms with Crippen LogP contribution in [-0.4, -0.2) is 59.0 Å². The largest absolute Gasteiger partial charge is 0.481 e. The summed E-state index contributed by atoms with van der Waals surface area (Å²) in [6.45, 7) is 12.3. The van der Waals surface area contributed by atoms with Crippen molar-refractivity contribution in [2.24, 2.45) is 23.2 Å². The normalized spacial score (nSPS) is 31.2. The third kappa shape index (κ3) is 4.68. The first kappa shape index (κ1) is 25.9. The first-order valence-electron chi connectivity index (χ1n) is 12.7. The van der Waals surface area contributed by atoms with Gasteiger partial charge in [-0.2, -0.15) is 0 Å². The molecule has 0 radical (unpaired) electrons. The van der Waals surface area contributed by atoms with Gasteiger partial charge >= 0.3 is 18.7 Å². The Labute approximate surface area is 207 Å². The van der Waals surface area contributed by atoms with Crippen molar-refractivity contribution < 1.29 is 33.9 Å². The molecule has 3 saturated carbocycles. The fourth-order valence-electron chi connectivity index (χ4n) is 6.32. The fraction of sp³-hybridized carbons (Fsp3) is 0.720. The van der Waals surface area contributed by atoms with Crippen LogP contribution in [0.2, 0.25) is 0 Å². The molecule has 1 aromatic rings. The Balaban J connectivity index is 1.48. The topological polar surface area (TPSA) is 121 Å². The summed E-state index contributed by atoms with van der Waals surface area (Å²) in [4.78, 5) is 26.0. The van der Waals surface area contributed by atoms with E-state index in [2.05, 4.69) is 45.3 Å². The van der Waals surface area contributed by atoms with E-state index in [1.807, 2.05) is 0 Å². The van der Waals surface area contributed by atoms with Gasteiger partial charge in [0, 0.05) is 16.9 Å². The second-order valence-corrected chi connectivity index (χ2v) is 11.7. The second kappa shape index (κ2) is 9.37. The first-order valence-corrected chi connectivity index (χ1v) is 12.7. The Kier molecular flexibility index (Phi) is 6.94. The van der Waals surface area contributed by atoms with E-state index in [0.717, 1.165) is 12.8 Å². The van der Waals surface area contributed by atoms with Gasteiger partial charge in [0.1, 0.15) is 6.04 Å². The molecule has 0 aromatic carbocycles. The minimum Gasteiger partial charge on any atom is -0.404 e. The number of carbonyl (C=O) groups is 2. The third-order valence-electron chi connectivity index (χ3n) is 8.47. The number of pyridine rings is 1. The van der Waals surface area contributed by atoms with Crippen molar-refractivity contribution in [3.63, 3.8) is 0 Å². The van der Waals surface area contributed by atoms with E-state index in [1.165, 1.54) is 19.2 Å². The molecule has 0 unspecified atom stereocenters. The summed E-state index contributed by atoms with van der Waals surface area (Å²) in [5.41, 5.74) is -0.239. The van der Waals surface area contributed by atoms with E-state index < -0.39 is 42.6 Å². The van der Waals surface area contributed by atoms with Crippen LogP contribution < -0.4 is 15.4 Å². The number of nitrogens with one attached hydrogen (secondary N) is 2. The Hall–Kier alpha value is -2.17. The zero-order valence-electron chi connectivity index (χ0n) is 21.5. The number of aliphatic hydroxyl groups excluding tert-OH is 1. The molecular formula is C25H39BN3O6+. The van der Waals surface area contributed by atoms with Crippen LogP contribution >= 0.6 is 0 Å². The van der Waals surface area contributed by atoms with Crippen molar-refractivity contribution in [2.45, 2.75) is 90.6 Å². The zero-order chi connectivity index (χ0) is 25.7. The summed E-state index contributed by atoms with van der Waals surface area (Å²) in [6.07, 6.45) is 2.84. The highest BCUT2D eigenvalue weighted by atomic mass is 16.7. The van der Waals surface area contributed by atoms with Crippen LogP contribution in [-0.2, 0) is 14.1 Å². The molecule has 2 amide bonds. The number of carbonyl (C=O) groups excluding carboxylic acids is 2. The average Bonchev–Trinajstić information content (AvgIpc) is 3.13. The quantitative estimate of drug-likeness (QED) is 0.250. The molecule has 10 heteroatoms. The number of amides is 2. The van der Waals surface area contributed by atoms with Crippen LogP contribution in [0, 0.1) is 23.2 Å². The van der Waals surface area contributed by atoms with Crippen molar-refractivity contribution in [3.8, 4) is 0 Å². The van der Waals surface area contributed by atoms with Gasteiger partial charge in [-0.25, -0.2) is 0 Å². The van der Waals surface area contributed by atoms with Gasteiger partial charge in [-0.05, 0) is 62.3 Å². The van der Waals surface area contributed by atoms with Crippen molar-refractivity contribution in [1.29, 1.82) is 0 Å². The number of aliphatic hydroxyl groups is 1. The van der Waals surface area contributed by atoms with Crippen LogP contribution in [0.1, 0.15) is 71.3 Å². The summed E-state index contributed by atoms with van der Waals surface area (Å²) in [6, 6.07) is 3.36. The Morgan fingerprint density at radius 3 is 2.51 bits per heavy atom. The highest BCUT2D eigenvalue weighted by Crippen LogP contribution is 2.65. The lowest BCUT2D eigenvalue weighted by molar-refractivity contribution is -0.905. The lowest BCUT2D eigenvalue weighted by Crippen LogP contribution is -2.65. The number of rotatable bonds is 8. The lowest BCUT2D eigenvalue weighted by Gasteiger charge is -2.64. The minimum atomic E-state index is -1.22. The molecule has 2 heterocycles. The highest BCUT2D eigenvalue weighted by Gasteiger charge is 2.68. The van der Waals surface area contributed by atoms with Gasteiger partial charge < -0.3 is 25.0 Å². The number of hydrogen-bond acceptors (Lipinski definition) is 6. The second-order valence-electron chi connectivity index (χ2n) is 11.7. The molecule has 1 saturated heterocycles. The molecule has 4 N–H and O–H groups in total. The summed E-state index contributed by atoms with van der Waals surface area (Å²) in [5, 5.41) is 25.7. The van der Waals surface area contributed by atoms with E-state index >= 15 is 0 Å². The van der Waals surface area contributed by atoms with Gasteiger partial charge in [-0.15, -0.1) is 0 Å². The van der Waals surface area contributed by atoms with Crippen molar-refractivity contribution >= 4 is 18.9 Å². The van der Waals surface area contributed by atoms with Gasteiger partial charge in [0.2, 0.25) is 12.1 Å². The molecular weight excluding hydrogens is 449 g/mol. The van der Waals surface area contributed by atoms with E-state index in [1.54, 1.807) is 12.1 Å². The Morgan fingerprint density at radius 2 is 1.91 bits per heavy atom. The van der Waals surface area contributed by atoms with Gasteiger partial charge in [-0.3, -0.25) is 14.8 Å². The lowest BCUT2D eigenvalue weighted by atomic mass is 9.43. The van der Waals surface area contributed by atoms with Gasteiger partial charge in [0.05, 0.1) is 23.8 Å². The van der Waals surface area contributed by atoms with Crippen LogP contribution in [0.15, 0.2) is 24.4 Å². The van der Waals surface area contributed by atoms with Gasteiger partial charge in [-0.1, -0.05) is 27.7 Å². The van der Waals surface area contributed by atoms with E-state index in [4.69, 9.17) is 9.31 Å². The Morgan fingerprint density at radius 1 is 1.20 bits per heavy atom.